The smallest absolute Gasteiger partial charge is 0.0358 e. The predicted octanol–water partition coefficient (Wildman–Crippen LogP) is 5.14. The van der Waals surface area contributed by atoms with Crippen LogP contribution >= 0.6 is 11.3 Å². The van der Waals surface area contributed by atoms with Crippen molar-refractivity contribution in [2.45, 2.75) is 6.42 Å². The number of fused-ring (bicyclic) bond motifs is 2. The first kappa shape index (κ1) is 10.1. The van der Waals surface area contributed by atoms with Crippen molar-refractivity contribution in [3.05, 3.63) is 65.7 Å². The Kier molecular flexibility index (Phi) is 2.14. The molecule has 0 aliphatic heterocycles. The molecule has 0 amide bonds. The summed E-state index contributed by atoms with van der Waals surface area (Å²) in [4.78, 5) is 1.39. The Bertz CT molecular complexity index is 729. The SMILES string of the molecule is C1=Cc2cccc(-c3cc4ccccc4s3)c2C1. The molecule has 0 atom stereocenters. The summed E-state index contributed by atoms with van der Waals surface area (Å²) in [5.74, 6) is 0. The summed E-state index contributed by atoms with van der Waals surface area (Å²) in [7, 11) is 0. The van der Waals surface area contributed by atoms with Crippen molar-refractivity contribution in [2.24, 2.45) is 0 Å². The number of thiophene rings is 1. The molecule has 0 N–H and O–H groups in total. The van der Waals surface area contributed by atoms with Crippen molar-refractivity contribution >= 4 is 27.5 Å². The first-order chi connectivity index (χ1) is 8.92. The van der Waals surface area contributed by atoms with Crippen LogP contribution < -0.4 is 0 Å². The van der Waals surface area contributed by atoms with Crippen LogP contribution in [0.4, 0.5) is 0 Å². The van der Waals surface area contributed by atoms with E-state index in [-0.39, 0.29) is 0 Å². The largest absolute Gasteiger partial charge is 0.135 e. The Labute approximate surface area is 110 Å². The Morgan fingerprint density at radius 1 is 0.944 bits per heavy atom. The lowest BCUT2D eigenvalue weighted by atomic mass is 10.0. The van der Waals surface area contributed by atoms with Crippen LogP contribution in [0, 0.1) is 0 Å². The summed E-state index contributed by atoms with van der Waals surface area (Å²) < 4.78 is 1.37. The maximum atomic E-state index is 2.31. The summed E-state index contributed by atoms with van der Waals surface area (Å²) in [6.07, 6.45) is 5.55. The van der Waals surface area contributed by atoms with E-state index in [1.165, 1.54) is 31.7 Å². The first-order valence-corrected chi connectivity index (χ1v) is 7.01. The third-order valence-electron chi connectivity index (χ3n) is 3.52. The van der Waals surface area contributed by atoms with Crippen molar-refractivity contribution in [2.75, 3.05) is 0 Å². The van der Waals surface area contributed by atoms with Gasteiger partial charge in [0.1, 0.15) is 0 Å². The Hall–Kier alpha value is -1.86. The first-order valence-electron chi connectivity index (χ1n) is 6.19. The van der Waals surface area contributed by atoms with E-state index in [0.717, 1.165) is 6.42 Å². The number of hydrogen-bond acceptors (Lipinski definition) is 1. The molecule has 1 aliphatic rings. The van der Waals surface area contributed by atoms with Gasteiger partial charge >= 0.3 is 0 Å². The van der Waals surface area contributed by atoms with E-state index in [2.05, 4.69) is 60.7 Å². The fourth-order valence-electron chi connectivity index (χ4n) is 2.64. The average molecular weight is 248 g/mol. The van der Waals surface area contributed by atoms with Crippen LogP contribution in [-0.4, -0.2) is 0 Å². The Morgan fingerprint density at radius 3 is 2.83 bits per heavy atom. The summed E-state index contributed by atoms with van der Waals surface area (Å²) >= 11 is 1.89. The van der Waals surface area contributed by atoms with Crippen molar-refractivity contribution in [3.63, 3.8) is 0 Å². The van der Waals surface area contributed by atoms with Crippen LogP contribution in [0.1, 0.15) is 11.1 Å². The summed E-state index contributed by atoms with van der Waals surface area (Å²) in [5, 5.41) is 1.35. The maximum absolute atomic E-state index is 2.31. The number of rotatable bonds is 1. The van der Waals surface area contributed by atoms with Crippen LogP contribution in [0.15, 0.2) is 54.6 Å². The Morgan fingerprint density at radius 2 is 1.89 bits per heavy atom. The molecule has 0 bridgehead atoms. The van der Waals surface area contributed by atoms with Gasteiger partial charge in [-0.1, -0.05) is 48.6 Å². The minimum absolute atomic E-state index is 1.07. The van der Waals surface area contributed by atoms with E-state index in [1.54, 1.807) is 0 Å². The second kappa shape index (κ2) is 3.82. The van der Waals surface area contributed by atoms with Gasteiger partial charge in [-0.3, -0.25) is 0 Å². The second-order valence-electron chi connectivity index (χ2n) is 4.63. The monoisotopic (exact) mass is 248 g/mol. The molecular formula is C17H12S. The molecule has 2 aromatic carbocycles. The van der Waals surface area contributed by atoms with Gasteiger partial charge in [0.05, 0.1) is 0 Å². The lowest BCUT2D eigenvalue weighted by Crippen LogP contribution is -1.85. The van der Waals surface area contributed by atoms with Crippen LogP contribution in [0.3, 0.4) is 0 Å². The van der Waals surface area contributed by atoms with Gasteiger partial charge in [-0.05, 0) is 40.6 Å². The van der Waals surface area contributed by atoms with Gasteiger partial charge in [0.2, 0.25) is 0 Å². The third kappa shape index (κ3) is 1.44. The fraction of sp³-hybridized carbons (Fsp3) is 0.0588. The van der Waals surface area contributed by atoms with Gasteiger partial charge in [0.25, 0.3) is 0 Å². The van der Waals surface area contributed by atoms with Crippen LogP contribution in [0.25, 0.3) is 26.6 Å². The number of allylic oxidation sites excluding steroid dienone is 1. The highest BCUT2D eigenvalue weighted by Crippen LogP contribution is 2.37. The topological polar surface area (TPSA) is 0 Å². The van der Waals surface area contributed by atoms with Gasteiger partial charge in [0.15, 0.2) is 0 Å². The number of hydrogen-bond donors (Lipinski definition) is 0. The molecule has 0 saturated carbocycles. The second-order valence-corrected chi connectivity index (χ2v) is 5.71. The van der Waals surface area contributed by atoms with Gasteiger partial charge < -0.3 is 0 Å². The van der Waals surface area contributed by atoms with Gasteiger partial charge in [-0.25, -0.2) is 0 Å². The van der Waals surface area contributed by atoms with Crippen molar-refractivity contribution in [3.8, 4) is 10.4 Å². The zero-order valence-electron chi connectivity index (χ0n) is 9.89. The van der Waals surface area contributed by atoms with E-state index < -0.39 is 0 Å². The van der Waals surface area contributed by atoms with Crippen molar-refractivity contribution in [1.82, 2.24) is 0 Å². The molecule has 0 spiro atoms. The molecule has 1 aliphatic carbocycles. The normalized spacial score (nSPS) is 13.1. The molecule has 18 heavy (non-hydrogen) atoms. The highest BCUT2D eigenvalue weighted by Gasteiger charge is 2.13. The molecule has 3 aromatic rings. The molecule has 86 valence electrons. The lowest BCUT2D eigenvalue weighted by Gasteiger charge is -2.05. The van der Waals surface area contributed by atoms with Crippen molar-refractivity contribution in [1.29, 1.82) is 0 Å². The van der Waals surface area contributed by atoms with Crippen LogP contribution in [0.5, 0.6) is 0 Å². The standard InChI is InChI=1S/C17H12S/c1-2-10-16-13(5-1)11-17(18-16)15-9-4-7-12-6-3-8-14(12)15/h1-7,9-11H,8H2. The lowest BCUT2D eigenvalue weighted by molar-refractivity contribution is 1.32. The van der Waals surface area contributed by atoms with E-state index in [0.29, 0.717) is 0 Å². The van der Waals surface area contributed by atoms with Gasteiger partial charge in [-0.15, -0.1) is 11.3 Å². The molecule has 0 radical (unpaired) electrons. The zero-order valence-corrected chi connectivity index (χ0v) is 10.7. The molecule has 0 saturated heterocycles. The van der Waals surface area contributed by atoms with E-state index >= 15 is 0 Å². The van der Waals surface area contributed by atoms with Gasteiger partial charge in [-0.2, -0.15) is 0 Å². The predicted molar refractivity (Wildman–Crippen MR) is 80.0 cm³/mol. The fourth-order valence-corrected chi connectivity index (χ4v) is 3.75. The molecule has 1 heterocycles. The minimum Gasteiger partial charge on any atom is -0.135 e. The quantitative estimate of drug-likeness (QED) is 0.559. The zero-order chi connectivity index (χ0) is 11.9. The van der Waals surface area contributed by atoms with Gasteiger partial charge in [0, 0.05) is 9.58 Å². The Balaban J connectivity index is 1.96. The van der Waals surface area contributed by atoms with Crippen molar-refractivity contribution < 1.29 is 0 Å². The number of benzene rings is 2. The summed E-state index contributed by atoms with van der Waals surface area (Å²) in [6.45, 7) is 0. The molecule has 0 unspecified atom stereocenters. The van der Waals surface area contributed by atoms with Crippen LogP contribution in [-0.2, 0) is 6.42 Å². The summed E-state index contributed by atoms with van der Waals surface area (Å²) in [6, 6.07) is 17.5. The van der Waals surface area contributed by atoms with E-state index in [9.17, 15) is 0 Å². The summed E-state index contributed by atoms with van der Waals surface area (Å²) in [5.41, 5.74) is 4.26. The molecule has 0 fully saturated rings. The molecule has 1 heteroatoms. The minimum atomic E-state index is 1.07. The maximum Gasteiger partial charge on any atom is 0.0358 e. The molecule has 1 aromatic heterocycles. The molecular weight excluding hydrogens is 236 g/mol. The average Bonchev–Trinajstić information content (AvgIpc) is 3.04. The molecule has 4 rings (SSSR count). The van der Waals surface area contributed by atoms with Crippen LogP contribution in [0.2, 0.25) is 0 Å². The van der Waals surface area contributed by atoms with E-state index in [1.807, 2.05) is 11.3 Å². The third-order valence-corrected chi connectivity index (χ3v) is 4.67. The van der Waals surface area contributed by atoms with E-state index in [4.69, 9.17) is 0 Å². The highest BCUT2D eigenvalue weighted by atomic mass is 32.1. The molecule has 0 nitrogen and oxygen atoms in total. The highest BCUT2D eigenvalue weighted by molar-refractivity contribution is 7.22.